The number of rotatable bonds is 7. The fraction of sp³-hybridized carbons (Fsp3) is 1.00. The fourth-order valence-electron chi connectivity index (χ4n) is 2.41. The highest BCUT2D eigenvalue weighted by Gasteiger charge is 2.14. The van der Waals surface area contributed by atoms with Crippen LogP contribution in [0.4, 0.5) is 0 Å². The number of piperidine rings is 1. The largest absolute Gasteiger partial charge is 0.317 e. The fourth-order valence-corrected chi connectivity index (χ4v) is 3.70. The van der Waals surface area contributed by atoms with E-state index in [0.717, 1.165) is 17.2 Å². The zero-order valence-electron chi connectivity index (χ0n) is 12.0. The Labute approximate surface area is 112 Å². The van der Waals surface area contributed by atoms with E-state index in [-0.39, 0.29) is 0 Å². The van der Waals surface area contributed by atoms with Gasteiger partial charge in [-0.2, -0.15) is 11.8 Å². The van der Waals surface area contributed by atoms with E-state index < -0.39 is 0 Å². The van der Waals surface area contributed by atoms with Gasteiger partial charge < -0.3 is 10.2 Å². The van der Waals surface area contributed by atoms with Crippen LogP contribution in [0.3, 0.4) is 0 Å². The van der Waals surface area contributed by atoms with Crippen molar-refractivity contribution in [2.24, 2.45) is 5.92 Å². The summed E-state index contributed by atoms with van der Waals surface area (Å²) < 4.78 is 0. The van der Waals surface area contributed by atoms with Crippen LogP contribution in [0.15, 0.2) is 0 Å². The Morgan fingerprint density at radius 2 is 1.88 bits per heavy atom. The molecule has 0 amide bonds. The van der Waals surface area contributed by atoms with Crippen molar-refractivity contribution in [2.75, 3.05) is 32.4 Å². The first-order chi connectivity index (χ1) is 8.09. The van der Waals surface area contributed by atoms with Crippen LogP contribution in [0.25, 0.3) is 0 Å². The van der Waals surface area contributed by atoms with Gasteiger partial charge in [-0.15, -0.1) is 0 Å². The minimum atomic E-state index is 0.726. The molecular formula is C14H30N2S. The van der Waals surface area contributed by atoms with Gasteiger partial charge in [-0.3, -0.25) is 0 Å². The Balaban J connectivity index is 2.08. The minimum absolute atomic E-state index is 0.726. The third-order valence-corrected chi connectivity index (χ3v) is 5.01. The molecule has 1 aliphatic heterocycles. The summed E-state index contributed by atoms with van der Waals surface area (Å²) in [5.41, 5.74) is 0. The first-order valence-corrected chi connectivity index (χ1v) is 8.17. The first kappa shape index (κ1) is 15.3. The molecule has 102 valence electrons. The maximum atomic E-state index is 3.43. The maximum absolute atomic E-state index is 3.43. The Bertz CT molecular complexity index is 191. The van der Waals surface area contributed by atoms with Crippen LogP contribution >= 0.6 is 11.8 Å². The molecule has 0 spiro atoms. The van der Waals surface area contributed by atoms with Crippen LogP contribution in [-0.4, -0.2) is 48.6 Å². The van der Waals surface area contributed by atoms with Gasteiger partial charge in [0.2, 0.25) is 0 Å². The average Bonchev–Trinajstić information content (AvgIpc) is 2.29. The van der Waals surface area contributed by atoms with Crippen molar-refractivity contribution in [2.45, 2.75) is 51.3 Å². The van der Waals surface area contributed by atoms with Gasteiger partial charge in [0.15, 0.2) is 0 Å². The van der Waals surface area contributed by atoms with Crippen molar-refractivity contribution < 1.29 is 0 Å². The molecule has 1 unspecified atom stereocenters. The van der Waals surface area contributed by atoms with Crippen molar-refractivity contribution >= 4 is 11.8 Å². The summed E-state index contributed by atoms with van der Waals surface area (Å²) in [6.45, 7) is 10.7. The molecule has 0 aromatic heterocycles. The standard InChI is InChI=1S/C14H30N2S/c1-12(2)11-13(3)16(4)9-10-17-14-5-7-15-8-6-14/h12-15H,5-11H2,1-4H3. The highest BCUT2D eigenvalue weighted by Crippen LogP contribution is 2.20. The zero-order valence-corrected chi connectivity index (χ0v) is 12.9. The second-order valence-corrected chi connectivity index (χ2v) is 7.19. The van der Waals surface area contributed by atoms with Gasteiger partial charge in [0.05, 0.1) is 0 Å². The second-order valence-electron chi connectivity index (χ2n) is 5.78. The molecule has 2 nitrogen and oxygen atoms in total. The topological polar surface area (TPSA) is 15.3 Å². The van der Waals surface area contributed by atoms with Crippen LogP contribution in [-0.2, 0) is 0 Å². The smallest absolute Gasteiger partial charge is 0.00722 e. The van der Waals surface area contributed by atoms with Gasteiger partial charge in [-0.1, -0.05) is 13.8 Å². The predicted molar refractivity (Wildman–Crippen MR) is 79.9 cm³/mol. The maximum Gasteiger partial charge on any atom is 0.00722 e. The van der Waals surface area contributed by atoms with Crippen molar-refractivity contribution in [1.82, 2.24) is 10.2 Å². The molecule has 0 radical (unpaired) electrons. The Kier molecular flexibility index (Phi) is 7.56. The Morgan fingerprint density at radius 3 is 2.47 bits per heavy atom. The molecule has 0 aliphatic carbocycles. The van der Waals surface area contributed by atoms with E-state index in [1.54, 1.807) is 0 Å². The molecule has 0 bridgehead atoms. The summed E-state index contributed by atoms with van der Waals surface area (Å²) in [5.74, 6) is 2.10. The summed E-state index contributed by atoms with van der Waals surface area (Å²) in [4.78, 5) is 2.52. The normalized spacial score (nSPS) is 20.1. The van der Waals surface area contributed by atoms with Crippen LogP contribution in [0.2, 0.25) is 0 Å². The van der Waals surface area contributed by atoms with Gasteiger partial charge >= 0.3 is 0 Å². The lowest BCUT2D eigenvalue weighted by atomic mass is 10.0. The van der Waals surface area contributed by atoms with E-state index in [4.69, 9.17) is 0 Å². The second kappa shape index (κ2) is 8.39. The third-order valence-electron chi connectivity index (χ3n) is 3.65. The molecular weight excluding hydrogens is 228 g/mol. The molecule has 0 saturated carbocycles. The van der Waals surface area contributed by atoms with Crippen LogP contribution in [0, 0.1) is 5.92 Å². The third kappa shape index (κ3) is 6.68. The van der Waals surface area contributed by atoms with E-state index in [9.17, 15) is 0 Å². The van der Waals surface area contributed by atoms with Gasteiger partial charge in [-0.25, -0.2) is 0 Å². The minimum Gasteiger partial charge on any atom is -0.317 e. The highest BCUT2D eigenvalue weighted by molar-refractivity contribution is 7.99. The molecule has 1 aliphatic rings. The summed E-state index contributed by atoms with van der Waals surface area (Å²) in [5, 5.41) is 4.34. The Hall–Kier alpha value is 0.270. The Morgan fingerprint density at radius 1 is 1.24 bits per heavy atom. The van der Waals surface area contributed by atoms with Gasteiger partial charge in [0.25, 0.3) is 0 Å². The predicted octanol–water partition coefficient (Wildman–Crippen LogP) is 2.84. The summed E-state index contributed by atoms with van der Waals surface area (Å²) in [6.07, 6.45) is 4.03. The number of nitrogens with zero attached hydrogens (tertiary/aromatic N) is 1. The van der Waals surface area contributed by atoms with E-state index >= 15 is 0 Å². The molecule has 1 N–H and O–H groups in total. The lowest BCUT2D eigenvalue weighted by molar-refractivity contribution is 0.241. The van der Waals surface area contributed by atoms with Crippen molar-refractivity contribution in [3.63, 3.8) is 0 Å². The number of thioether (sulfide) groups is 1. The quantitative estimate of drug-likeness (QED) is 0.756. The lowest BCUT2D eigenvalue weighted by Crippen LogP contribution is -2.33. The van der Waals surface area contributed by atoms with Gasteiger partial charge in [0.1, 0.15) is 0 Å². The summed E-state index contributed by atoms with van der Waals surface area (Å²) >= 11 is 2.18. The molecule has 0 aromatic rings. The zero-order chi connectivity index (χ0) is 12.7. The van der Waals surface area contributed by atoms with Crippen molar-refractivity contribution in [3.05, 3.63) is 0 Å². The summed E-state index contributed by atoms with van der Waals surface area (Å²) in [7, 11) is 2.27. The molecule has 1 heterocycles. The van der Waals surface area contributed by atoms with Crippen molar-refractivity contribution in [3.8, 4) is 0 Å². The number of nitrogens with one attached hydrogen (secondary N) is 1. The first-order valence-electron chi connectivity index (χ1n) is 7.12. The van der Waals surface area contributed by atoms with E-state index in [0.29, 0.717) is 0 Å². The molecule has 1 saturated heterocycles. The van der Waals surface area contributed by atoms with Crippen LogP contribution < -0.4 is 5.32 Å². The SMILES string of the molecule is CC(C)CC(C)N(C)CCSC1CCNCC1. The molecule has 1 atom stereocenters. The molecule has 3 heteroatoms. The van der Waals surface area contributed by atoms with E-state index in [2.05, 4.69) is 49.8 Å². The number of hydrogen-bond donors (Lipinski definition) is 1. The molecule has 1 fully saturated rings. The van der Waals surface area contributed by atoms with Crippen LogP contribution in [0.1, 0.15) is 40.0 Å². The molecule has 1 rings (SSSR count). The van der Waals surface area contributed by atoms with Crippen molar-refractivity contribution in [1.29, 1.82) is 0 Å². The van der Waals surface area contributed by atoms with E-state index in [1.807, 2.05) is 0 Å². The highest BCUT2D eigenvalue weighted by atomic mass is 32.2. The molecule has 0 aromatic carbocycles. The van der Waals surface area contributed by atoms with E-state index in [1.165, 1.54) is 44.6 Å². The summed E-state index contributed by atoms with van der Waals surface area (Å²) in [6, 6.07) is 0.726. The molecule has 17 heavy (non-hydrogen) atoms. The van der Waals surface area contributed by atoms with Gasteiger partial charge in [0, 0.05) is 23.6 Å². The van der Waals surface area contributed by atoms with Gasteiger partial charge in [-0.05, 0) is 52.2 Å². The lowest BCUT2D eigenvalue weighted by Gasteiger charge is -2.27. The number of hydrogen-bond acceptors (Lipinski definition) is 3. The monoisotopic (exact) mass is 258 g/mol. The average molecular weight is 258 g/mol. The van der Waals surface area contributed by atoms with Crippen LogP contribution in [0.5, 0.6) is 0 Å².